The van der Waals surface area contributed by atoms with E-state index >= 15 is 0 Å². The van der Waals surface area contributed by atoms with Crippen LogP contribution in [-0.2, 0) is 20.8 Å². The Morgan fingerprint density at radius 3 is 2.47 bits per heavy atom. The van der Waals surface area contributed by atoms with E-state index in [2.05, 4.69) is 10.6 Å². The summed E-state index contributed by atoms with van der Waals surface area (Å²) in [5, 5.41) is 18.1. The third-order valence-corrected chi connectivity index (χ3v) is 6.77. The number of benzene rings is 2. The number of aliphatic hydroxyl groups is 1. The summed E-state index contributed by atoms with van der Waals surface area (Å²) in [5.41, 5.74) is 6.47. The van der Waals surface area contributed by atoms with Gasteiger partial charge in [0.15, 0.2) is 0 Å². The molecule has 3 rings (SSSR count). The van der Waals surface area contributed by atoms with Crippen molar-refractivity contribution < 1.29 is 19.5 Å². The number of amides is 3. The molecule has 0 aliphatic carbocycles. The molecule has 1 heterocycles. The number of carbonyl (C=O) groups excluding carboxylic acids is 3. The Hall–Kier alpha value is -2.68. The minimum atomic E-state index is -0.815. The number of β-amino-alcohol motifs (C(OH)–C–C–N with tert-alkyl or cyclic N) is 1. The number of rotatable bonds is 11. The van der Waals surface area contributed by atoms with Crippen molar-refractivity contribution in [1.82, 2.24) is 15.5 Å². The summed E-state index contributed by atoms with van der Waals surface area (Å²) in [7, 11) is 0. The van der Waals surface area contributed by atoms with Gasteiger partial charge in [0.05, 0.1) is 6.10 Å². The molecule has 5 N–H and O–H groups in total. The predicted octanol–water partition coefficient (Wildman–Crippen LogP) is 2.15. The first-order valence-corrected chi connectivity index (χ1v) is 12.6. The fourth-order valence-corrected chi connectivity index (χ4v) is 4.69. The predicted molar refractivity (Wildman–Crippen MR) is 144 cm³/mol. The van der Waals surface area contributed by atoms with Gasteiger partial charge in [-0.3, -0.25) is 14.4 Å². The molecular weight excluding hydrogens is 480 g/mol. The normalized spacial score (nSPS) is 18.1. The number of nitrogens with one attached hydrogen (secondary N) is 2. The Kier molecular flexibility index (Phi) is 11.6. The molecule has 1 unspecified atom stereocenters. The molecule has 0 spiro atoms. The highest BCUT2D eigenvalue weighted by Gasteiger charge is 2.41. The van der Waals surface area contributed by atoms with Crippen LogP contribution in [0.5, 0.6) is 0 Å². The van der Waals surface area contributed by atoms with Gasteiger partial charge in [-0.1, -0.05) is 56.3 Å². The topological polar surface area (TPSA) is 125 Å². The summed E-state index contributed by atoms with van der Waals surface area (Å²) >= 11 is 0. The summed E-state index contributed by atoms with van der Waals surface area (Å²) < 4.78 is 0. The molecule has 0 aromatic heterocycles. The monoisotopic (exact) mass is 518 g/mol. The molecule has 2 aromatic rings. The van der Waals surface area contributed by atoms with Crippen molar-refractivity contribution in [1.29, 1.82) is 0 Å². The minimum absolute atomic E-state index is 0. The maximum Gasteiger partial charge on any atom is 0.243 e. The third kappa shape index (κ3) is 7.41. The number of likely N-dealkylation sites (tertiary alicyclic amines) is 1. The first kappa shape index (κ1) is 29.5. The van der Waals surface area contributed by atoms with E-state index < -0.39 is 24.1 Å². The van der Waals surface area contributed by atoms with Crippen LogP contribution in [-0.4, -0.2) is 65.5 Å². The fraction of sp³-hybridized carbons (Fsp3) is 0.519. The molecule has 0 radical (unpaired) electrons. The zero-order chi connectivity index (χ0) is 25.4. The van der Waals surface area contributed by atoms with Gasteiger partial charge in [0.2, 0.25) is 17.7 Å². The largest absolute Gasteiger partial charge is 0.391 e. The third-order valence-electron chi connectivity index (χ3n) is 6.77. The average molecular weight is 519 g/mol. The van der Waals surface area contributed by atoms with Crippen molar-refractivity contribution in [2.45, 2.75) is 64.1 Å². The zero-order valence-corrected chi connectivity index (χ0v) is 21.9. The second kappa shape index (κ2) is 14.2. The number of hydrogen-bond acceptors (Lipinski definition) is 5. The van der Waals surface area contributed by atoms with Gasteiger partial charge in [0, 0.05) is 31.8 Å². The molecule has 0 saturated carbocycles. The van der Waals surface area contributed by atoms with Crippen LogP contribution in [0.25, 0.3) is 10.8 Å². The van der Waals surface area contributed by atoms with Gasteiger partial charge in [-0.05, 0) is 42.1 Å². The average Bonchev–Trinajstić information content (AvgIpc) is 3.26. The number of halogens is 1. The van der Waals surface area contributed by atoms with E-state index in [0.29, 0.717) is 38.8 Å². The van der Waals surface area contributed by atoms with E-state index in [0.717, 1.165) is 16.3 Å². The van der Waals surface area contributed by atoms with E-state index in [1.165, 1.54) is 4.90 Å². The lowest BCUT2D eigenvalue weighted by Gasteiger charge is -2.28. The van der Waals surface area contributed by atoms with Crippen molar-refractivity contribution in [3.63, 3.8) is 0 Å². The number of aliphatic hydroxyl groups excluding tert-OH is 1. The molecule has 1 aliphatic rings. The molecule has 1 fully saturated rings. The maximum atomic E-state index is 13.3. The minimum Gasteiger partial charge on any atom is -0.391 e. The summed E-state index contributed by atoms with van der Waals surface area (Å²) in [6.45, 7) is 4.89. The van der Waals surface area contributed by atoms with Crippen molar-refractivity contribution in [2.75, 3.05) is 19.6 Å². The second-order valence-electron chi connectivity index (χ2n) is 9.29. The molecule has 1 aliphatic heterocycles. The van der Waals surface area contributed by atoms with Crippen molar-refractivity contribution >= 4 is 40.9 Å². The van der Waals surface area contributed by atoms with Crippen LogP contribution >= 0.6 is 12.4 Å². The van der Waals surface area contributed by atoms with E-state index in [9.17, 15) is 19.5 Å². The summed E-state index contributed by atoms with van der Waals surface area (Å²) in [5.74, 6) is -1.02. The molecule has 198 valence electrons. The molecule has 2 aromatic carbocycles. The summed E-state index contributed by atoms with van der Waals surface area (Å²) in [6.07, 6.45) is 1.68. The van der Waals surface area contributed by atoms with Crippen LogP contribution in [0.3, 0.4) is 0 Å². The van der Waals surface area contributed by atoms with Crippen LogP contribution in [0.2, 0.25) is 0 Å². The van der Waals surface area contributed by atoms with Gasteiger partial charge < -0.3 is 26.4 Å². The lowest BCUT2D eigenvalue weighted by molar-refractivity contribution is -0.142. The smallest absolute Gasteiger partial charge is 0.243 e. The van der Waals surface area contributed by atoms with Crippen molar-refractivity contribution in [3.05, 3.63) is 48.0 Å². The van der Waals surface area contributed by atoms with Crippen LogP contribution < -0.4 is 16.4 Å². The highest BCUT2D eigenvalue weighted by molar-refractivity contribution is 5.93. The van der Waals surface area contributed by atoms with Gasteiger partial charge in [-0.15, -0.1) is 12.4 Å². The number of carbonyl (C=O) groups is 3. The Morgan fingerprint density at radius 2 is 1.81 bits per heavy atom. The standard InChI is InChI=1S/C27H38N4O4.ClH/c1-3-19(4-2)27(35)31-17-22(32)16-24(31)26(34)30-23(25(33)29-13-7-12-28)15-18-10-11-20-8-5-6-9-21(20)14-18;/h5-6,8-11,14,19,22-24,32H,3-4,7,12-13,15-17,28H2,1-2H3,(H,29,33)(H,30,34);1H/t22-,23-,24?;/m1./s1. The summed E-state index contributed by atoms with van der Waals surface area (Å²) in [4.78, 5) is 40.9. The van der Waals surface area contributed by atoms with Crippen LogP contribution in [0.15, 0.2) is 42.5 Å². The molecule has 3 amide bonds. The quantitative estimate of drug-likeness (QED) is 0.339. The molecule has 9 heteroatoms. The molecule has 36 heavy (non-hydrogen) atoms. The van der Waals surface area contributed by atoms with Gasteiger partial charge >= 0.3 is 0 Å². The highest BCUT2D eigenvalue weighted by Crippen LogP contribution is 2.24. The number of nitrogens with two attached hydrogens (primary N) is 1. The van der Waals surface area contributed by atoms with E-state index in [4.69, 9.17) is 5.73 Å². The Morgan fingerprint density at radius 1 is 1.11 bits per heavy atom. The fourth-order valence-electron chi connectivity index (χ4n) is 4.69. The van der Waals surface area contributed by atoms with E-state index in [1.807, 2.05) is 56.3 Å². The van der Waals surface area contributed by atoms with Gasteiger partial charge in [-0.25, -0.2) is 0 Å². The van der Waals surface area contributed by atoms with E-state index in [-0.39, 0.29) is 43.1 Å². The van der Waals surface area contributed by atoms with Crippen molar-refractivity contribution in [2.24, 2.45) is 11.7 Å². The highest BCUT2D eigenvalue weighted by atomic mass is 35.5. The van der Waals surface area contributed by atoms with Crippen LogP contribution in [0.4, 0.5) is 0 Å². The Labute approximate surface area is 219 Å². The van der Waals surface area contributed by atoms with Crippen molar-refractivity contribution in [3.8, 4) is 0 Å². The second-order valence-corrected chi connectivity index (χ2v) is 9.29. The Balaban J connectivity index is 0.00000456. The molecule has 8 nitrogen and oxygen atoms in total. The number of fused-ring (bicyclic) bond motifs is 1. The molecular formula is C27H39ClN4O4. The first-order chi connectivity index (χ1) is 16.9. The van der Waals surface area contributed by atoms with Crippen LogP contribution in [0.1, 0.15) is 45.1 Å². The molecule has 1 saturated heterocycles. The van der Waals surface area contributed by atoms with E-state index in [1.54, 1.807) is 0 Å². The zero-order valence-electron chi connectivity index (χ0n) is 21.1. The lowest BCUT2D eigenvalue weighted by atomic mass is 10.00. The molecule has 3 atom stereocenters. The number of nitrogens with zero attached hydrogens (tertiary/aromatic N) is 1. The molecule has 0 bridgehead atoms. The number of hydrogen-bond donors (Lipinski definition) is 4. The maximum absolute atomic E-state index is 13.3. The lowest BCUT2D eigenvalue weighted by Crippen LogP contribution is -2.54. The summed E-state index contributed by atoms with van der Waals surface area (Å²) in [6, 6.07) is 12.3. The van der Waals surface area contributed by atoms with Gasteiger partial charge in [-0.2, -0.15) is 0 Å². The first-order valence-electron chi connectivity index (χ1n) is 12.6. The SMILES string of the molecule is CCC(CC)C(=O)N1C[C@H](O)CC1C(=O)N[C@H](Cc1ccc2ccccc2c1)C(=O)NCCCN.Cl. The van der Waals surface area contributed by atoms with Gasteiger partial charge in [0.25, 0.3) is 0 Å². The van der Waals surface area contributed by atoms with Crippen LogP contribution in [0, 0.1) is 5.92 Å². The van der Waals surface area contributed by atoms with Gasteiger partial charge in [0.1, 0.15) is 12.1 Å². The Bertz CT molecular complexity index is 1030.